The molecule has 0 saturated heterocycles. The lowest BCUT2D eigenvalue weighted by atomic mass is 10.1. The Labute approximate surface area is 148 Å². The average molecular weight is 403 g/mol. The van der Waals surface area contributed by atoms with Gasteiger partial charge in [-0.25, -0.2) is 13.2 Å². The molecule has 6 heteroatoms. The first kappa shape index (κ1) is 20.2. The van der Waals surface area contributed by atoms with Crippen LogP contribution in [0.4, 0.5) is 0 Å². The fourth-order valence-corrected chi connectivity index (χ4v) is 3.35. The van der Waals surface area contributed by atoms with Gasteiger partial charge in [0.1, 0.15) is 0 Å². The predicted molar refractivity (Wildman–Crippen MR) is 101 cm³/mol. The highest BCUT2D eigenvalue weighted by Gasteiger charge is 2.07. The minimum absolute atomic E-state index is 0.139. The van der Waals surface area contributed by atoms with E-state index < -0.39 is 10.0 Å². The van der Waals surface area contributed by atoms with Crippen LogP contribution in [-0.4, -0.2) is 20.4 Å². The Hall–Kier alpha value is -0.880. The van der Waals surface area contributed by atoms with Gasteiger partial charge in [0.05, 0.1) is 12.0 Å². The lowest BCUT2D eigenvalue weighted by molar-refractivity contribution is 0.566. The molecule has 1 rings (SSSR count). The van der Waals surface area contributed by atoms with Crippen molar-refractivity contribution in [1.29, 1.82) is 0 Å². The Morgan fingerprint density at radius 1 is 1.00 bits per heavy atom. The van der Waals surface area contributed by atoms with Gasteiger partial charge in [0.15, 0.2) is 0 Å². The van der Waals surface area contributed by atoms with E-state index in [1.165, 1.54) is 38.3 Å². The summed E-state index contributed by atoms with van der Waals surface area (Å²) < 4.78 is 24.6. The molecule has 1 aromatic rings. The highest BCUT2D eigenvalue weighted by atomic mass is 79.9. The van der Waals surface area contributed by atoms with E-state index in [1.807, 2.05) is 24.3 Å². The van der Waals surface area contributed by atoms with Crippen LogP contribution in [0, 0.1) is 0 Å². The Morgan fingerprint density at radius 2 is 1.57 bits per heavy atom. The lowest BCUT2D eigenvalue weighted by Gasteiger charge is -2.04. The fraction of sp³-hybridized carbons (Fsp3) is 0.588. The third-order valence-corrected chi connectivity index (χ3v) is 5.28. The molecule has 0 heterocycles. The monoisotopic (exact) mass is 402 g/mol. The summed E-state index contributed by atoms with van der Waals surface area (Å²) in [6, 6.07) is 7.49. The number of nitrogens with zero attached hydrogens (tertiary/aromatic N) is 1. The van der Waals surface area contributed by atoms with E-state index in [0.717, 1.165) is 22.9 Å². The van der Waals surface area contributed by atoms with Gasteiger partial charge < -0.3 is 0 Å². The number of unbranched alkanes of at least 4 members (excludes halogenated alkanes) is 7. The summed E-state index contributed by atoms with van der Waals surface area (Å²) in [5.74, 6) is 0.139. The fourth-order valence-electron chi connectivity index (χ4n) is 2.20. The van der Waals surface area contributed by atoms with Crippen molar-refractivity contribution in [3.05, 3.63) is 34.3 Å². The molecule has 0 saturated carbocycles. The van der Waals surface area contributed by atoms with Gasteiger partial charge >= 0.3 is 0 Å². The second-order valence-electron chi connectivity index (χ2n) is 5.69. The van der Waals surface area contributed by atoms with Crippen LogP contribution in [0.1, 0.15) is 63.9 Å². The van der Waals surface area contributed by atoms with Crippen LogP contribution in [0.5, 0.6) is 0 Å². The number of nitrogens with one attached hydrogen (secondary N) is 1. The molecule has 0 aliphatic rings. The molecule has 4 nitrogen and oxygen atoms in total. The van der Waals surface area contributed by atoms with Crippen LogP contribution in [0.2, 0.25) is 0 Å². The Bertz CT molecular complexity index is 556. The average Bonchev–Trinajstić information content (AvgIpc) is 2.52. The van der Waals surface area contributed by atoms with Gasteiger partial charge in [-0.05, 0) is 24.1 Å². The maximum Gasteiger partial charge on any atom is 0.247 e. The zero-order valence-electron chi connectivity index (χ0n) is 13.8. The first-order chi connectivity index (χ1) is 11.0. The van der Waals surface area contributed by atoms with Crippen LogP contribution >= 0.6 is 15.9 Å². The number of hydrazone groups is 1. The SMILES string of the molecule is CCCCCCCCCCS(=O)(=O)NN=Cc1ccc(Br)cc1. The molecule has 0 radical (unpaired) electrons. The number of hydrogen-bond acceptors (Lipinski definition) is 3. The smallest absolute Gasteiger partial charge is 0.205 e. The van der Waals surface area contributed by atoms with Crippen molar-refractivity contribution < 1.29 is 8.42 Å². The first-order valence-electron chi connectivity index (χ1n) is 8.31. The summed E-state index contributed by atoms with van der Waals surface area (Å²) in [6.45, 7) is 2.21. The topological polar surface area (TPSA) is 58.5 Å². The molecule has 0 bridgehead atoms. The number of halogens is 1. The van der Waals surface area contributed by atoms with Crippen molar-refractivity contribution in [3.63, 3.8) is 0 Å². The summed E-state index contributed by atoms with van der Waals surface area (Å²) in [5, 5.41) is 3.81. The third-order valence-electron chi connectivity index (χ3n) is 3.54. The summed E-state index contributed by atoms with van der Waals surface area (Å²) in [4.78, 5) is 2.27. The van der Waals surface area contributed by atoms with E-state index in [9.17, 15) is 8.42 Å². The molecule has 0 aliphatic heterocycles. The van der Waals surface area contributed by atoms with Crippen LogP contribution in [0.3, 0.4) is 0 Å². The predicted octanol–water partition coefficient (Wildman–Crippen LogP) is 4.84. The van der Waals surface area contributed by atoms with Gasteiger partial charge in [-0.2, -0.15) is 5.10 Å². The summed E-state index contributed by atoms with van der Waals surface area (Å²) >= 11 is 3.35. The second kappa shape index (κ2) is 11.6. The van der Waals surface area contributed by atoms with E-state index in [0.29, 0.717) is 6.42 Å². The highest BCUT2D eigenvalue weighted by molar-refractivity contribution is 9.10. The molecule has 0 spiro atoms. The van der Waals surface area contributed by atoms with Crippen LogP contribution < -0.4 is 4.83 Å². The third kappa shape index (κ3) is 10.5. The second-order valence-corrected chi connectivity index (χ2v) is 8.43. The van der Waals surface area contributed by atoms with Gasteiger partial charge in [-0.1, -0.05) is 79.9 Å². The van der Waals surface area contributed by atoms with Crippen molar-refractivity contribution in [2.45, 2.75) is 58.3 Å². The van der Waals surface area contributed by atoms with Crippen molar-refractivity contribution in [2.75, 3.05) is 5.75 Å². The normalized spacial score (nSPS) is 11.9. The minimum atomic E-state index is -3.32. The molecular weight excluding hydrogens is 376 g/mol. The molecule has 0 amide bonds. The molecule has 23 heavy (non-hydrogen) atoms. The molecule has 0 fully saturated rings. The number of benzene rings is 1. The summed E-state index contributed by atoms with van der Waals surface area (Å²) in [5.41, 5.74) is 0.850. The van der Waals surface area contributed by atoms with Crippen LogP contribution in [0.25, 0.3) is 0 Å². The maximum absolute atomic E-state index is 11.8. The van der Waals surface area contributed by atoms with E-state index in [-0.39, 0.29) is 5.75 Å². The molecule has 0 atom stereocenters. The summed E-state index contributed by atoms with van der Waals surface area (Å²) in [7, 11) is -3.32. The molecule has 0 aliphatic carbocycles. The molecular formula is C17H27BrN2O2S. The molecule has 1 aromatic carbocycles. The zero-order chi connectivity index (χ0) is 17.0. The van der Waals surface area contributed by atoms with Gasteiger partial charge in [-0.3, -0.25) is 0 Å². The largest absolute Gasteiger partial charge is 0.247 e. The number of rotatable bonds is 12. The minimum Gasteiger partial charge on any atom is -0.205 e. The van der Waals surface area contributed by atoms with Crippen molar-refractivity contribution >= 4 is 32.2 Å². The number of hydrogen-bond donors (Lipinski definition) is 1. The lowest BCUT2D eigenvalue weighted by Crippen LogP contribution is -2.21. The Balaban J connectivity index is 2.17. The number of sulfonamides is 1. The van der Waals surface area contributed by atoms with Gasteiger partial charge in [0.2, 0.25) is 10.0 Å². The van der Waals surface area contributed by atoms with Gasteiger partial charge in [0.25, 0.3) is 0 Å². The first-order valence-corrected chi connectivity index (χ1v) is 10.8. The van der Waals surface area contributed by atoms with Crippen molar-refractivity contribution in [1.82, 2.24) is 4.83 Å². The quantitative estimate of drug-likeness (QED) is 0.308. The highest BCUT2D eigenvalue weighted by Crippen LogP contribution is 2.10. The summed E-state index contributed by atoms with van der Waals surface area (Å²) in [6.07, 6.45) is 10.6. The van der Waals surface area contributed by atoms with E-state index in [4.69, 9.17) is 0 Å². The standard InChI is InChI=1S/C17H27BrN2O2S/c1-2-3-4-5-6-7-8-9-14-23(21,22)20-19-15-16-10-12-17(18)13-11-16/h10-13,15,20H,2-9,14H2,1H3. The zero-order valence-corrected chi connectivity index (χ0v) is 16.2. The van der Waals surface area contributed by atoms with E-state index >= 15 is 0 Å². The van der Waals surface area contributed by atoms with Crippen molar-refractivity contribution in [2.24, 2.45) is 5.10 Å². The van der Waals surface area contributed by atoms with Crippen molar-refractivity contribution in [3.8, 4) is 0 Å². The van der Waals surface area contributed by atoms with E-state index in [1.54, 1.807) is 0 Å². The van der Waals surface area contributed by atoms with Gasteiger partial charge in [0, 0.05) is 4.47 Å². The maximum atomic E-state index is 11.8. The Morgan fingerprint density at radius 3 is 2.17 bits per heavy atom. The molecule has 0 aromatic heterocycles. The molecule has 130 valence electrons. The van der Waals surface area contributed by atoms with E-state index in [2.05, 4.69) is 32.8 Å². The van der Waals surface area contributed by atoms with Crippen LogP contribution in [0.15, 0.2) is 33.8 Å². The molecule has 1 N–H and O–H groups in total. The molecule has 0 unspecified atom stereocenters. The van der Waals surface area contributed by atoms with Crippen LogP contribution in [-0.2, 0) is 10.0 Å². The van der Waals surface area contributed by atoms with Gasteiger partial charge in [-0.15, -0.1) is 0 Å². The Kier molecular flexibility index (Phi) is 10.2.